The van der Waals surface area contributed by atoms with Crippen LogP contribution in [0.5, 0.6) is 0 Å². The number of rotatable bonds is 17. The van der Waals surface area contributed by atoms with Crippen LogP contribution >= 0.6 is 0 Å². The molecule has 11 N–H and O–H groups in total. The summed E-state index contributed by atoms with van der Waals surface area (Å²) in [5.41, 5.74) is 10.4. The van der Waals surface area contributed by atoms with Gasteiger partial charge in [0.05, 0.1) is 18.9 Å². The predicted octanol–water partition coefficient (Wildman–Crippen LogP) is -4.07. The van der Waals surface area contributed by atoms with Crippen molar-refractivity contribution in [3.8, 4) is 0 Å². The second kappa shape index (κ2) is 14.8. The average molecular weight is 505 g/mol. The van der Waals surface area contributed by atoms with Crippen molar-refractivity contribution in [2.75, 3.05) is 0 Å². The molecule has 0 bridgehead atoms. The SMILES string of the molecule is NC(=O)CCC(NC(=O)C(N)CC(=O)O)C(=O)NC(CC(=O)O)C(=O)NC(CCC(=O)O)C(=O)O. The van der Waals surface area contributed by atoms with Gasteiger partial charge in [0.25, 0.3) is 0 Å². The zero-order valence-electron chi connectivity index (χ0n) is 18.3. The number of carboxylic acids is 4. The number of nitrogens with two attached hydrogens (primary N) is 2. The van der Waals surface area contributed by atoms with Crippen LogP contribution in [0.2, 0.25) is 0 Å². The van der Waals surface area contributed by atoms with E-state index in [2.05, 4.69) is 5.32 Å². The first-order valence-corrected chi connectivity index (χ1v) is 9.97. The highest BCUT2D eigenvalue weighted by Crippen LogP contribution is 2.04. The molecule has 0 saturated carbocycles. The van der Waals surface area contributed by atoms with E-state index in [1.54, 1.807) is 0 Å². The Kier molecular flexibility index (Phi) is 13.0. The number of carbonyl (C=O) groups excluding carboxylic acids is 4. The Bertz CT molecular complexity index is 861. The molecule has 0 aliphatic carbocycles. The molecule has 4 atom stereocenters. The smallest absolute Gasteiger partial charge is 0.326 e. The van der Waals surface area contributed by atoms with E-state index >= 15 is 0 Å². The summed E-state index contributed by atoms with van der Waals surface area (Å²) in [4.78, 5) is 92.1. The van der Waals surface area contributed by atoms with Crippen LogP contribution in [0.1, 0.15) is 38.5 Å². The van der Waals surface area contributed by atoms with Crippen LogP contribution in [0.4, 0.5) is 0 Å². The van der Waals surface area contributed by atoms with Gasteiger partial charge in [-0.3, -0.25) is 33.6 Å². The predicted molar refractivity (Wildman–Crippen MR) is 111 cm³/mol. The van der Waals surface area contributed by atoms with E-state index in [0.717, 1.165) is 0 Å². The first-order valence-electron chi connectivity index (χ1n) is 9.97. The maximum absolute atomic E-state index is 12.7. The van der Waals surface area contributed by atoms with E-state index < -0.39 is 110 Å². The number of aliphatic carboxylic acids is 4. The van der Waals surface area contributed by atoms with Crippen LogP contribution < -0.4 is 27.4 Å². The van der Waals surface area contributed by atoms with Crippen molar-refractivity contribution in [2.45, 2.75) is 62.7 Å². The molecule has 35 heavy (non-hydrogen) atoms. The Hall–Kier alpha value is -4.28. The second-order valence-electron chi connectivity index (χ2n) is 7.26. The fourth-order valence-corrected chi connectivity index (χ4v) is 2.57. The fraction of sp³-hybridized carbons (Fsp3) is 0.556. The molecule has 4 unspecified atom stereocenters. The van der Waals surface area contributed by atoms with Crippen molar-refractivity contribution in [1.82, 2.24) is 16.0 Å². The maximum atomic E-state index is 12.7. The molecule has 0 radical (unpaired) electrons. The molecule has 0 aromatic heterocycles. The molecule has 0 aromatic rings. The van der Waals surface area contributed by atoms with Crippen LogP contribution in [0.3, 0.4) is 0 Å². The van der Waals surface area contributed by atoms with Gasteiger partial charge in [0.1, 0.15) is 18.1 Å². The summed E-state index contributed by atoms with van der Waals surface area (Å²) in [6.45, 7) is 0. The molecule has 0 spiro atoms. The number of carbonyl (C=O) groups is 8. The van der Waals surface area contributed by atoms with E-state index in [4.69, 9.17) is 31.9 Å². The monoisotopic (exact) mass is 505 g/mol. The van der Waals surface area contributed by atoms with Gasteiger partial charge in [-0.25, -0.2) is 4.79 Å². The van der Waals surface area contributed by atoms with Crippen molar-refractivity contribution in [3.05, 3.63) is 0 Å². The summed E-state index contributed by atoms with van der Waals surface area (Å²) < 4.78 is 0. The Morgan fingerprint density at radius 1 is 0.600 bits per heavy atom. The van der Waals surface area contributed by atoms with Gasteiger partial charge in [-0.2, -0.15) is 0 Å². The first-order chi connectivity index (χ1) is 16.1. The van der Waals surface area contributed by atoms with Gasteiger partial charge in [0.2, 0.25) is 23.6 Å². The van der Waals surface area contributed by atoms with Gasteiger partial charge in [-0.15, -0.1) is 0 Å². The minimum Gasteiger partial charge on any atom is -0.481 e. The third-order valence-electron chi connectivity index (χ3n) is 4.32. The summed E-state index contributed by atoms with van der Waals surface area (Å²) in [6, 6.07) is -6.76. The van der Waals surface area contributed by atoms with Crippen LogP contribution in [0.15, 0.2) is 0 Å². The van der Waals surface area contributed by atoms with Crippen molar-refractivity contribution >= 4 is 47.5 Å². The van der Waals surface area contributed by atoms with E-state index in [0.29, 0.717) is 0 Å². The zero-order valence-corrected chi connectivity index (χ0v) is 18.3. The molecule has 4 amide bonds. The highest BCUT2D eigenvalue weighted by molar-refractivity contribution is 5.96. The van der Waals surface area contributed by atoms with Gasteiger partial charge >= 0.3 is 23.9 Å². The average Bonchev–Trinajstić information content (AvgIpc) is 2.71. The van der Waals surface area contributed by atoms with E-state index in [1.165, 1.54) is 0 Å². The van der Waals surface area contributed by atoms with Crippen molar-refractivity contribution < 1.29 is 58.8 Å². The Balaban J connectivity index is 5.60. The fourth-order valence-electron chi connectivity index (χ4n) is 2.57. The molecular formula is C18H27N5O12. The molecular weight excluding hydrogens is 478 g/mol. The number of hydrogen-bond acceptors (Lipinski definition) is 9. The van der Waals surface area contributed by atoms with Crippen LogP contribution in [-0.2, 0) is 38.4 Å². The van der Waals surface area contributed by atoms with E-state index in [1.807, 2.05) is 10.6 Å². The third kappa shape index (κ3) is 13.1. The molecule has 17 heteroatoms. The number of primary amides is 1. The van der Waals surface area contributed by atoms with Gasteiger partial charge in [-0.1, -0.05) is 0 Å². The third-order valence-corrected chi connectivity index (χ3v) is 4.32. The molecule has 0 aliphatic heterocycles. The van der Waals surface area contributed by atoms with Gasteiger partial charge in [0.15, 0.2) is 0 Å². The lowest BCUT2D eigenvalue weighted by Gasteiger charge is -2.24. The molecule has 17 nitrogen and oxygen atoms in total. The molecule has 0 fully saturated rings. The van der Waals surface area contributed by atoms with Gasteiger partial charge < -0.3 is 47.8 Å². The van der Waals surface area contributed by atoms with E-state index in [9.17, 15) is 38.4 Å². The number of carboxylic acid groups (broad SMARTS) is 4. The Morgan fingerprint density at radius 3 is 1.51 bits per heavy atom. The molecule has 0 aliphatic rings. The lowest BCUT2D eigenvalue weighted by Crippen LogP contribution is -2.57. The van der Waals surface area contributed by atoms with Crippen LogP contribution in [0, 0.1) is 0 Å². The largest absolute Gasteiger partial charge is 0.481 e. The van der Waals surface area contributed by atoms with Crippen molar-refractivity contribution in [2.24, 2.45) is 11.5 Å². The molecule has 196 valence electrons. The second-order valence-corrected chi connectivity index (χ2v) is 7.26. The standard InChI is InChI=1S/C18H27N5O12/c19-7(5-13(27)28)15(31)21-8(1-3-11(20)24)16(32)23-10(6-14(29)30)17(33)22-9(18(34)35)2-4-12(25)26/h7-10H,1-6,19H2,(H2,20,24)(H,21,31)(H,22,33)(H,23,32)(H,25,26)(H,27,28)(H,29,30)(H,34,35). The van der Waals surface area contributed by atoms with Gasteiger partial charge in [0, 0.05) is 12.8 Å². The highest BCUT2D eigenvalue weighted by Gasteiger charge is 2.32. The Labute approximate surface area is 197 Å². The van der Waals surface area contributed by atoms with Crippen LogP contribution in [-0.4, -0.2) is 92.1 Å². The topological polar surface area (TPSA) is 306 Å². The van der Waals surface area contributed by atoms with E-state index in [-0.39, 0.29) is 0 Å². The first kappa shape index (κ1) is 30.7. The lowest BCUT2D eigenvalue weighted by atomic mass is 10.1. The maximum Gasteiger partial charge on any atom is 0.326 e. The number of hydrogen-bond donors (Lipinski definition) is 9. The normalized spacial score (nSPS) is 13.9. The quantitative estimate of drug-likeness (QED) is 0.0909. The summed E-state index contributed by atoms with van der Waals surface area (Å²) in [6.07, 6.45) is -3.87. The van der Waals surface area contributed by atoms with Crippen molar-refractivity contribution in [1.29, 1.82) is 0 Å². The Morgan fingerprint density at radius 2 is 1.06 bits per heavy atom. The highest BCUT2D eigenvalue weighted by atomic mass is 16.4. The minimum atomic E-state index is -1.87. The lowest BCUT2D eigenvalue weighted by molar-refractivity contribution is -0.144. The minimum absolute atomic E-state index is 0.426. The summed E-state index contributed by atoms with van der Waals surface area (Å²) in [5.74, 6) is -10.4. The van der Waals surface area contributed by atoms with Crippen molar-refractivity contribution in [3.63, 3.8) is 0 Å². The molecule has 0 rings (SSSR count). The van der Waals surface area contributed by atoms with Crippen LogP contribution in [0.25, 0.3) is 0 Å². The molecule has 0 heterocycles. The summed E-state index contributed by atoms with van der Waals surface area (Å²) >= 11 is 0. The molecule has 0 saturated heterocycles. The summed E-state index contributed by atoms with van der Waals surface area (Å²) in [5, 5.41) is 41.6. The number of nitrogens with one attached hydrogen (secondary N) is 3. The zero-order chi connectivity index (χ0) is 27.3. The summed E-state index contributed by atoms with van der Waals surface area (Å²) in [7, 11) is 0. The molecule has 0 aromatic carbocycles. The van der Waals surface area contributed by atoms with Gasteiger partial charge in [-0.05, 0) is 12.8 Å². The number of amides is 4.